The number of pyridine rings is 2. The van der Waals surface area contributed by atoms with Gasteiger partial charge in [0.15, 0.2) is 0 Å². The lowest BCUT2D eigenvalue weighted by molar-refractivity contribution is 0.222. The Morgan fingerprint density at radius 2 is 1.90 bits per heavy atom. The zero-order valence-electron chi connectivity index (χ0n) is 17.7. The van der Waals surface area contributed by atoms with E-state index in [2.05, 4.69) is 25.1 Å². The van der Waals surface area contributed by atoms with E-state index in [1.165, 1.54) is 6.20 Å². The summed E-state index contributed by atoms with van der Waals surface area (Å²) in [6.07, 6.45) is 2.58. The summed E-state index contributed by atoms with van der Waals surface area (Å²) in [6.45, 7) is 7.23. The SMILES string of the molecule is Cc1cccc(NCC2CCN(c3ccc(S(=O)(=O)N4CCN(C)CC4)cn3)C2)n1. The van der Waals surface area contributed by atoms with Gasteiger partial charge in [0.1, 0.15) is 16.5 Å². The summed E-state index contributed by atoms with van der Waals surface area (Å²) in [5.74, 6) is 2.25. The van der Waals surface area contributed by atoms with Crippen LogP contribution in [0.25, 0.3) is 0 Å². The van der Waals surface area contributed by atoms with Gasteiger partial charge in [-0.2, -0.15) is 4.31 Å². The number of anilines is 2. The highest BCUT2D eigenvalue weighted by Gasteiger charge is 2.28. The molecule has 0 saturated carbocycles. The minimum Gasteiger partial charge on any atom is -0.370 e. The summed E-state index contributed by atoms with van der Waals surface area (Å²) in [6, 6.07) is 9.51. The lowest BCUT2D eigenvalue weighted by atomic mass is 10.1. The van der Waals surface area contributed by atoms with Crippen LogP contribution in [0.1, 0.15) is 12.1 Å². The van der Waals surface area contributed by atoms with E-state index in [1.54, 1.807) is 10.4 Å². The number of nitrogens with one attached hydrogen (secondary N) is 1. The van der Waals surface area contributed by atoms with Crippen LogP contribution in [0.15, 0.2) is 41.4 Å². The van der Waals surface area contributed by atoms with Gasteiger partial charge in [0, 0.05) is 57.7 Å². The Hall–Kier alpha value is -2.23. The third-order valence-electron chi connectivity index (χ3n) is 5.89. The molecule has 0 radical (unpaired) electrons. The first-order chi connectivity index (χ1) is 14.4. The molecule has 0 aliphatic carbocycles. The number of rotatable bonds is 6. The second-order valence-electron chi connectivity index (χ2n) is 8.21. The van der Waals surface area contributed by atoms with E-state index < -0.39 is 10.0 Å². The molecule has 2 aliphatic heterocycles. The predicted molar refractivity (Wildman–Crippen MR) is 118 cm³/mol. The van der Waals surface area contributed by atoms with Gasteiger partial charge in [-0.05, 0) is 50.6 Å². The van der Waals surface area contributed by atoms with Crippen LogP contribution in [0.3, 0.4) is 0 Å². The Bertz CT molecular complexity index is 958. The van der Waals surface area contributed by atoms with Crippen LogP contribution < -0.4 is 10.2 Å². The van der Waals surface area contributed by atoms with E-state index in [-0.39, 0.29) is 4.90 Å². The normalized spacial score (nSPS) is 21.1. The van der Waals surface area contributed by atoms with Crippen LogP contribution >= 0.6 is 0 Å². The van der Waals surface area contributed by atoms with Gasteiger partial charge in [0.25, 0.3) is 0 Å². The minimum absolute atomic E-state index is 0.277. The fraction of sp³-hybridized carbons (Fsp3) is 0.524. The summed E-state index contributed by atoms with van der Waals surface area (Å²) in [7, 11) is -1.46. The highest BCUT2D eigenvalue weighted by Crippen LogP contribution is 2.24. The van der Waals surface area contributed by atoms with Gasteiger partial charge in [0.2, 0.25) is 10.0 Å². The van der Waals surface area contributed by atoms with Crippen molar-refractivity contribution in [2.24, 2.45) is 5.92 Å². The number of hydrogen-bond donors (Lipinski definition) is 1. The van der Waals surface area contributed by atoms with Crippen LogP contribution in [0.4, 0.5) is 11.6 Å². The van der Waals surface area contributed by atoms with E-state index in [4.69, 9.17) is 0 Å². The number of hydrogen-bond acceptors (Lipinski definition) is 7. The van der Waals surface area contributed by atoms with Crippen molar-refractivity contribution in [1.82, 2.24) is 19.2 Å². The summed E-state index contributed by atoms with van der Waals surface area (Å²) in [5.41, 5.74) is 1.00. The second kappa shape index (κ2) is 8.87. The van der Waals surface area contributed by atoms with Gasteiger partial charge in [-0.3, -0.25) is 0 Å². The van der Waals surface area contributed by atoms with Crippen LogP contribution in [0.5, 0.6) is 0 Å². The number of piperazine rings is 1. The molecule has 9 heteroatoms. The van der Waals surface area contributed by atoms with Crippen molar-refractivity contribution < 1.29 is 8.42 Å². The van der Waals surface area contributed by atoms with E-state index in [0.717, 1.165) is 56.5 Å². The third kappa shape index (κ3) is 4.74. The fourth-order valence-electron chi connectivity index (χ4n) is 3.99. The number of aromatic nitrogens is 2. The first-order valence-corrected chi connectivity index (χ1v) is 11.9. The molecule has 0 bridgehead atoms. The van der Waals surface area contributed by atoms with Crippen LogP contribution in [0.2, 0.25) is 0 Å². The van der Waals surface area contributed by atoms with E-state index >= 15 is 0 Å². The molecule has 2 aromatic rings. The fourth-order valence-corrected chi connectivity index (χ4v) is 5.36. The van der Waals surface area contributed by atoms with Gasteiger partial charge < -0.3 is 15.1 Å². The highest BCUT2D eigenvalue weighted by atomic mass is 32.2. The summed E-state index contributed by atoms with van der Waals surface area (Å²) in [5, 5.41) is 3.42. The quantitative estimate of drug-likeness (QED) is 0.746. The first-order valence-electron chi connectivity index (χ1n) is 10.5. The zero-order valence-corrected chi connectivity index (χ0v) is 18.5. The molecule has 2 fully saturated rings. The number of likely N-dealkylation sites (N-methyl/N-ethyl adjacent to an activating group) is 1. The van der Waals surface area contributed by atoms with Crippen molar-refractivity contribution in [3.63, 3.8) is 0 Å². The highest BCUT2D eigenvalue weighted by molar-refractivity contribution is 7.89. The smallest absolute Gasteiger partial charge is 0.244 e. The van der Waals surface area contributed by atoms with Crippen molar-refractivity contribution in [3.8, 4) is 0 Å². The molecule has 0 aromatic carbocycles. The van der Waals surface area contributed by atoms with Gasteiger partial charge in [-0.1, -0.05) is 6.07 Å². The summed E-state index contributed by atoms with van der Waals surface area (Å²) < 4.78 is 27.3. The average Bonchev–Trinajstić information content (AvgIpc) is 3.22. The lowest BCUT2D eigenvalue weighted by Crippen LogP contribution is -2.47. The van der Waals surface area contributed by atoms with Crippen molar-refractivity contribution in [2.45, 2.75) is 18.2 Å². The molecule has 1 unspecified atom stereocenters. The molecule has 1 N–H and O–H groups in total. The van der Waals surface area contributed by atoms with Gasteiger partial charge in [-0.25, -0.2) is 18.4 Å². The summed E-state index contributed by atoms with van der Waals surface area (Å²) in [4.78, 5) is 13.6. The maximum atomic E-state index is 12.9. The Morgan fingerprint density at radius 1 is 1.10 bits per heavy atom. The predicted octanol–water partition coefficient (Wildman–Crippen LogP) is 1.66. The maximum Gasteiger partial charge on any atom is 0.244 e. The van der Waals surface area contributed by atoms with Gasteiger partial charge in [-0.15, -0.1) is 0 Å². The number of nitrogens with zero attached hydrogens (tertiary/aromatic N) is 5. The van der Waals surface area contributed by atoms with E-state index in [9.17, 15) is 8.42 Å². The Morgan fingerprint density at radius 3 is 2.60 bits per heavy atom. The molecule has 30 heavy (non-hydrogen) atoms. The lowest BCUT2D eigenvalue weighted by Gasteiger charge is -2.31. The van der Waals surface area contributed by atoms with Crippen LogP contribution in [-0.4, -0.2) is 80.5 Å². The van der Waals surface area contributed by atoms with Crippen molar-refractivity contribution in [1.29, 1.82) is 0 Å². The Labute approximate surface area is 179 Å². The first kappa shape index (κ1) is 21.0. The molecule has 0 spiro atoms. The molecule has 1 atom stereocenters. The maximum absolute atomic E-state index is 12.9. The topological polar surface area (TPSA) is 81.7 Å². The molecule has 4 heterocycles. The van der Waals surface area contributed by atoms with Crippen LogP contribution in [0, 0.1) is 12.8 Å². The average molecular weight is 431 g/mol. The molecule has 2 aromatic heterocycles. The molecular weight excluding hydrogens is 400 g/mol. The molecule has 0 amide bonds. The number of aryl methyl sites for hydroxylation is 1. The molecular formula is C21H30N6O2S. The number of sulfonamides is 1. The third-order valence-corrected chi connectivity index (χ3v) is 7.77. The van der Waals surface area contributed by atoms with Crippen molar-refractivity contribution in [3.05, 3.63) is 42.2 Å². The zero-order chi connectivity index (χ0) is 21.1. The van der Waals surface area contributed by atoms with Gasteiger partial charge in [0.05, 0.1) is 0 Å². The Balaban J connectivity index is 1.34. The van der Waals surface area contributed by atoms with Crippen molar-refractivity contribution in [2.75, 3.05) is 63.1 Å². The Kier molecular flexibility index (Phi) is 6.21. The molecule has 2 saturated heterocycles. The van der Waals surface area contributed by atoms with E-state index in [1.807, 2.05) is 38.2 Å². The standard InChI is InChI=1S/C21H30N6O2S/c1-17-4-3-5-20(24-17)22-14-18-8-9-26(16-18)21-7-6-19(15-23-21)30(28,29)27-12-10-25(2)11-13-27/h3-7,15,18H,8-14,16H2,1-2H3,(H,22,24). The largest absolute Gasteiger partial charge is 0.370 e. The minimum atomic E-state index is -3.47. The molecule has 2 aliphatic rings. The molecule has 162 valence electrons. The second-order valence-corrected chi connectivity index (χ2v) is 10.1. The molecule has 4 rings (SSSR count). The monoisotopic (exact) mass is 430 g/mol. The summed E-state index contributed by atoms with van der Waals surface area (Å²) >= 11 is 0. The van der Waals surface area contributed by atoms with E-state index in [0.29, 0.717) is 19.0 Å². The van der Waals surface area contributed by atoms with Crippen molar-refractivity contribution >= 4 is 21.7 Å². The molecule has 8 nitrogen and oxygen atoms in total. The van der Waals surface area contributed by atoms with Crippen LogP contribution in [-0.2, 0) is 10.0 Å². The van der Waals surface area contributed by atoms with Gasteiger partial charge >= 0.3 is 0 Å².